The maximum Gasteiger partial charge on any atom is 0.319 e. The van der Waals surface area contributed by atoms with Crippen molar-refractivity contribution in [2.24, 2.45) is 0 Å². The third kappa shape index (κ3) is 2.94. The first-order valence-electron chi connectivity index (χ1n) is 7.51. The van der Waals surface area contributed by atoms with Gasteiger partial charge in [0.25, 0.3) is 5.91 Å². The molecule has 3 rings (SSSR count). The Bertz CT molecular complexity index is 748. The highest BCUT2D eigenvalue weighted by Crippen LogP contribution is 2.30. The molecular formula is C16H18N4O3. The fraction of sp³-hybridized carbons (Fsp3) is 0.375. The van der Waals surface area contributed by atoms with Gasteiger partial charge in [-0.3, -0.25) is 20.0 Å². The summed E-state index contributed by atoms with van der Waals surface area (Å²) in [4.78, 5) is 24.5. The fourth-order valence-electron chi connectivity index (χ4n) is 3.20. The maximum absolute atomic E-state index is 12.5. The van der Waals surface area contributed by atoms with Crippen LogP contribution in [0.1, 0.15) is 39.5 Å². The first-order valence-corrected chi connectivity index (χ1v) is 7.51. The van der Waals surface area contributed by atoms with E-state index in [9.17, 15) is 14.9 Å². The number of benzene rings is 1. The number of hydrogen-bond acceptors (Lipinski definition) is 4. The van der Waals surface area contributed by atoms with Crippen LogP contribution in [-0.4, -0.2) is 39.0 Å². The van der Waals surface area contributed by atoms with Crippen LogP contribution >= 0.6 is 0 Å². The molecule has 1 amide bonds. The number of nitro groups is 1. The standard InChI is InChI=1S/C16H18N4O3/c1-10-5-11(2)7-13(6-10)12-3-4-19(9-12)16(21)15-14(20(22)23)8-17-18-15/h5-8,12H,3-4,9H2,1-2H3,(H,17,18)/t12-/m1/s1. The molecule has 1 atom stereocenters. The average molecular weight is 314 g/mol. The molecule has 1 aliphatic rings. The van der Waals surface area contributed by atoms with E-state index in [1.54, 1.807) is 4.90 Å². The van der Waals surface area contributed by atoms with Crippen LogP contribution in [0.5, 0.6) is 0 Å². The Labute approximate surface area is 133 Å². The molecule has 0 aliphatic carbocycles. The molecular weight excluding hydrogens is 296 g/mol. The number of likely N-dealkylation sites (tertiary alicyclic amines) is 1. The predicted octanol–water partition coefficient (Wildman–Crippen LogP) is 2.56. The Morgan fingerprint density at radius 1 is 1.35 bits per heavy atom. The molecule has 0 radical (unpaired) electrons. The third-order valence-corrected chi connectivity index (χ3v) is 4.22. The van der Waals surface area contributed by atoms with Gasteiger partial charge in [0.2, 0.25) is 5.69 Å². The number of amides is 1. The van der Waals surface area contributed by atoms with Gasteiger partial charge in [0.1, 0.15) is 6.20 Å². The summed E-state index contributed by atoms with van der Waals surface area (Å²) in [6, 6.07) is 6.41. The van der Waals surface area contributed by atoms with E-state index >= 15 is 0 Å². The van der Waals surface area contributed by atoms with Crippen LogP contribution in [0.15, 0.2) is 24.4 Å². The number of H-pyrrole nitrogens is 1. The van der Waals surface area contributed by atoms with Crippen LogP contribution < -0.4 is 0 Å². The predicted molar refractivity (Wildman–Crippen MR) is 84.4 cm³/mol. The lowest BCUT2D eigenvalue weighted by molar-refractivity contribution is -0.385. The number of aromatic nitrogens is 2. The van der Waals surface area contributed by atoms with Crippen molar-refractivity contribution in [2.75, 3.05) is 13.1 Å². The molecule has 0 spiro atoms. The lowest BCUT2D eigenvalue weighted by atomic mass is 9.95. The minimum absolute atomic E-state index is 0.0453. The molecule has 1 fully saturated rings. The summed E-state index contributed by atoms with van der Waals surface area (Å²) in [6.45, 7) is 5.27. The fourth-order valence-corrected chi connectivity index (χ4v) is 3.20. The largest absolute Gasteiger partial charge is 0.336 e. The number of carbonyl (C=O) groups is 1. The number of carbonyl (C=O) groups excluding carboxylic acids is 1. The molecule has 1 saturated heterocycles. The number of hydrogen-bond donors (Lipinski definition) is 1. The van der Waals surface area contributed by atoms with E-state index in [4.69, 9.17) is 0 Å². The van der Waals surface area contributed by atoms with Crippen molar-refractivity contribution in [3.05, 3.63) is 56.9 Å². The van der Waals surface area contributed by atoms with Crippen molar-refractivity contribution in [3.8, 4) is 0 Å². The zero-order valence-electron chi connectivity index (χ0n) is 13.1. The molecule has 7 nitrogen and oxygen atoms in total. The molecule has 120 valence electrons. The molecule has 1 N–H and O–H groups in total. The first-order chi connectivity index (χ1) is 11.0. The van der Waals surface area contributed by atoms with E-state index in [0.717, 1.165) is 12.6 Å². The number of aryl methyl sites for hydroxylation is 2. The Morgan fingerprint density at radius 2 is 2.04 bits per heavy atom. The van der Waals surface area contributed by atoms with E-state index in [1.807, 2.05) is 0 Å². The lowest BCUT2D eigenvalue weighted by Gasteiger charge is -2.16. The zero-order chi connectivity index (χ0) is 16.6. The highest BCUT2D eigenvalue weighted by molar-refractivity contribution is 5.96. The van der Waals surface area contributed by atoms with Gasteiger partial charge in [0.05, 0.1) is 4.92 Å². The minimum atomic E-state index is -0.589. The van der Waals surface area contributed by atoms with Gasteiger partial charge in [-0.2, -0.15) is 5.10 Å². The quantitative estimate of drug-likeness (QED) is 0.696. The van der Waals surface area contributed by atoms with Crippen LogP contribution in [0.25, 0.3) is 0 Å². The molecule has 1 aliphatic heterocycles. The van der Waals surface area contributed by atoms with Crippen molar-refractivity contribution in [3.63, 3.8) is 0 Å². The van der Waals surface area contributed by atoms with Crippen LogP contribution in [-0.2, 0) is 0 Å². The number of nitrogens with zero attached hydrogens (tertiary/aromatic N) is 3. The van der Waals surface area contributed by atoms with Gasteiger partial charge in [-0.25, -0.2) is 0 Å². The Kier molecular flexibility index (Phi) is 3.85. The van der Waals surface area contributed by atoms with Gasteiger partial charge < -0.3 is 4.90 Å². The second-order valence-electron chi connectivity index (χ2n) is 6.05. The molecule has 1 aromatic carbocycles. The molecule has 2 aromatic rings. The van der Waals surface area contributed by atoms with Gasteiger partial charge in [0.15, 0.2) is 0 Å². The normalized spacial score (nSPS) is 17.5. The van der Waals surface area contributed by atoms with Crippen molar-refractivity contribution in [1.29, 1.82) is 0 Å². The first kappa shape index (κ1) is 15.2. The van der Waals surface area contributed by atoms with Gasteiger partial charge >= 0.3 is 5.69 Å². The van der Waals surface area contributed by atoms with Crippen LogP contribution in [0, 0.1) is 24.0 Å². The highest BCUT2D eigenvalue weighted by Gasteiger charge is 2.32. The van der Waals surface area contributed by atoms with Crippen LogP contribution in [0.2, 0.25) is 0 Å². The molecule has 1 aromatic heterocycles. The minimum Gasteiger partial charge on any atom is -0.336 e. The summed E-state index contributed by atoms with van der Waals surface area (Å²) < 4.78 is 0. The summed E-state index contributed by atoms with van der Waals surface area (Å²) in [5.41, 5.74) is 3.31. The SMILES string of the molecule is Cc1cc(C)cc([C@@H]2CCN(C(=O)c3[nH]ncc3[N+](=O)[O-])C2)c1. The molecule has 0 bridgehead atoms. The topological polar surface area (TPSA) is 92.1 Å². The molecule has 2 heterocycles. The number of nitrogens with one attached hydrogen (secondary N) is 1. The van der Waals surface area contributed by atoms with E-state index in [0.29, 0.717) is 13.1 Å². The van der Waals surface area contributed by atoms with Crippen LogP contribution in [0.4, 0.5) is 5.69 Å². The molecule has 0 unspecified atom stereocenters. The summed E-state index contributed by atoms with van der Waals surface area (Å²) >= 11 is 0. The summed E-state index contributed by atoms with van der Waals surface area (Å²) in [5, 5.41) is 17.0. The Balaban J connectivity index is 1.78. The second-order valence-corrected chi connectivity index (χ2v) is 6.05. The summed E-state index contributed by atoms with van der Waals surface area (Å²) in [5.74, 6) is -0.0967. The van der Waals surface area contributed by atoms with Crippen LogP contribution in [0.3, 0.4) is 0 Å². The Hall–Kier alpha value is -2.70. The van der Waals surface area contributed by atoms with Gasteiger partial charge in [-0.05, 0) is 25.8 Å². The molecule has 23 heavy (non-hydrogen) atoms. The summed E-state index contributed by atoms with van der Waals surface area (Å²) in [7, 11) is 0. The average Bonchev–Trinajstić information content (AvgIpc) is 3.15. The van der Waals surface area contributed by atoms with Crippen molar-refractivity contribution in [1.82, 2.24) is 15.1 Å². The smallest absolute Gasteiger partial charge is 0.319 e. The Morgan fingerprint density at radius 3 is 2.70 bits per heavy atom. The number of rotatable bonds is 3. The molecule has 7 heteroatoms. The van der Waals surface area contributed by atoms with Crippen molar-refractivity contribution < 1.29 is 9.72 Å². The zero-order valence-corrected chi connectivity index (χ0v) is 13.1. The van der Waals surface area contributed by atoms with E-state index in [2.05, 4.69) is 42.2 Å². The van der Waals surface area contributed by atoms with Gasteiger partial charge in [-0.15, -0.1) is 0 Å². The monoisotopic (exact) mass is 314 g/mol. The van der Waals surface area contributed by atoms with E-state index in [1.165, 1.54) is 16.7 Å². The maximum atomic E-state index is 12.5. The van der Waals surface area contributed by atoms with E-state index < -0.39 is 4.92 Å². The summed E-state index contributed by atoms with van der Waals surface area (Å²) in [6.07, 6.45) is 1.93. The molecule has 0 saturated carbocycles. The number of aromatic amines is 1. The van der Waals surface area contributed by atoms with E-state index in [-0.39, 0.29) is 23.2 Å². The van der Waals surface area contributed by atoms with Gasteiger partial charge in [-0.1, -0.05) is 29.3 Å². The third-order valence-electron chi connectivity index (χ3n) is 4.22. The van der Waals surface area contributed by atoms with Crippen molar-refractivity contribution >= 4 is 11.6 Å². The highest BCUT2D eigenvalue weighted by atomic mass is 16.6. The van der Waals surface area contributed by atoms with Crippen molar-refractivity contribution in [2.45, 2.75) is 26.2 Å². The lowest BCUT2D eigenvalue weighted by Crippen LogP contribution is -2.29. The van der Waals surface area contributed by atoms with Gasteiger partial charge in [0, 0.05) is 19.0 Å². The second kappa shape index (κ2) is 5.83.